The summed E-state index contributed by atoms with van der Waals surface area (Å²) in [6.07, 6.45) is 3.63. The second-order valence-electron chi connectivity index (χ2n) is 6.65. The Kier molecular flexibility index (Phi) is 4.18. The number of hydrogen-bond acceptors (Lipinski definition) is 3. The first kappa shape index (κ1) is 14.8. The van der Waals surface area contributed by atoms with Gasteiger partial charge < -0.3 is 15.5 Å². The molecule has 0 saturated carbocycles. The van der Waals surface area contributed by atoms with Crippen LogP contribution < -0.4 is 10.6 Å². The molecule has 2 heterocycles. The van der Waals surface area contributed by atoms with Crippen LogP contribution in [0.4, 0.5) is 10.1 Å². The van der Waals surface area contributed by atoms with E-state index in [0.29, 0.717) is 12.0 Å². The number of para-hydroxylation sites is 1. The summed E-state index contributed by atoms with van der Waals surface area (Å²) >= 11 is 0. The van der Waals surface area contributed by atoms with Crippen molar-refractivity contribution >= 4 is 5.69 Å². The van der Waals surface area contributed by atoms with E-state index in [1.54, 1.807) is 12.1 Å². The van der Waals surface area contributed by atoms with Crippen LogP contribution in [0.3, 0.4) is 0 Å². The molecule has 116 valence electrons. The minimum Gasteiger partial charge on any atom is -0.369 e. The van der Waals surface area contributed by atoms with Gasteiger partial charge in [0.25, 0.3) is 0 Å². The predicted octanol–water partition coefficient (Wildman–Crippen LogP) is 2.77. The van der Waals surface area contributed by atoms with Crippen LogP contribution in [-0.2, 0) is 0 Å². The quantitative estimate of drug-likeness (QED) is 0.909. The van der Waals surface area contributed by atoms with Crippen molar-refractivity contribution < 1.29 is 4.39 Å². The lowest BCUT2D eigenvalue weighted by molar-refractivity contribution is 0.102. The first-order valence-corrected chi connectivity index (χ1v) is 8.07. The van der Waals surface area contributed by atoms with E-state index in [-0.39, 0.29) is 11.9 Å². The molecule has 4 heteroatoms. The summed E-state index contributed by atoms with van der Waals surface area (Å²) < 4.78 is 14.4. The molecule has 0 bridgehead atoms. The van der Waals surface area contributed by atoms with Crippen molar-refractivity contribution in [2.24, 2.45) is 11.7 Å². The van der Waals surface area contributed by atoms with Gasteiger partial charge in [-0.15, -0.1) is 0 Å². The van der Waals surface area contributed by atoms with E-state index < -0.39 is 0 Å². The van der Waals surface area contributed by atoms with Crippen LogP contribution in [0.1, 0.15) is 37.8 Å². The van der Waals surface area contributed by atoms with Gasteiger partial charge >= 0.3 is 0 Å². The lowest BCUT2D eigenvalue weighted by atomic mass is 9.83. The van der Waals surface area contributed by atoms with E-state index in [9.17, 15) is 4.39 Å². The Labute approximate surface area is 126 Å². The Bertz CT molecular complexity index is 503. The minimum atomic E-state index is -0.137. The summed E-state index contributed by atoms with van der Waals surface area (Å²) in [7, 11) is 2.23. The highest BCUT2D eigenvalue weighted by Crippen LogP contribution is 2.35. The average Bonchev–Trinajstić information content (AvgIpc) is 2.46. The molecule has 21 heavy (non-hydrogen) atoms. The summed E-state index contributed by atoms with van der Waals surface area (Å²) in [5.74, 6) is 0.519. The fourth-order valence-corrected chi connectivity index (χ4v) is 4.09. The average molecular weight is 291 g/mol. The van der Waals surface area contributed by atoms with Crippen LogP contribution in [0, 0.1) is 11.7 Å². The predicted molar refractivity (Wildman–Crippen MR) is 85.0 cm³/mol. The second-order valence-corrected chi connectivity index (χ2v) is 6.65. The third-order valence-corrected chi connectivity index (χ3v) is 5.17. The molecule has 3 atom stereocenters. The smallest absolute Gasteiger partial charge is 0.146 e. The first-order chi connectivity index (χ1) is 10.1. The van der Waals surface area contributed by atoms with E-state index in [2.05, 4.69) is 16.8 Å². The number of likely N-dealkylation sites (tertiary alicyclic amines) is 1. The van der Waals surface area contributed by atoms with E-state index in [4.69, 9.17) is 5.73 Å². The van der Waals surface area contributed by atoms with Crippen LogP contribution in [-0.4, -0.2) is 37.6 Å². The van der Waals surface area contributed by atoms with Crippen LogP contribution >= 0.6 is 0 Å². The number of halogens is 1. The van der Waals surface area contributed by atoms with Crippen molar-refractivity contribution in [2.45, 2.75) is 38.3 Å². The van der Waals surface area contributed by atoms with Crippen molar-refractivity contribution in [1.82, 2.24) is 4.90 Å². The van der Waals surface area contributed by atoms with E-state index in [1.165, 1.54) is 19.4 Å². The zero-order valence-electron chi connectivity index (χ0n) is 13.1. The largest absolute Gasteiger partial charge is 0.369 e. The highest BCUT2D eigenvalue weighted by Gasteiger charge is 2.35. The van der Waals surface area contributed by atoms with Crippen LogP contribution in [0.2, 0.25) is 0 Å². The number of benzene rings is 1. The number of nitrogens with zero attached hydrogens (tertiary/aromatic N) is 2. The molecule has 1 aromatic rings. The minimum absolute atomic E-state index is 0.132. The van der Waals surface area contributed by atoms with Crippen LogP contribution in [0.5, 0.6) is 0 Å². The van der Waals surface area contributed by atoms with Gasteiger partial charge in [-0.1, -0.05) is 12.1 Å². The molecule has 3 unspecified atom stereocenters. The number of hydrogen-bond donors (Lipinski definition) is 1. The van der Waals surface area contributed by atoms with Gasteiger partial charge in [-0.2, -0.15) is 0 Å². The summed E-state index contributed by atoms with van der Waals surface area (Å²) in [4.78, 5) is 4.72. The summed E-state index contributed by atoms with van der Waals surface area (Å²) in [6, 6.07) is 5.81. The van der Waals surface area contributed by atoms with Crippen molar-refractivity contribution in [3.63, 3.8) is 0 Å². The molecule has 1 aromatic carbocycles. The summed E-state index contributed by atoms with van der Waals surface area (Å²) in [5, 5.41) is 0. The summed E-state index contributed by atoms with van der Waals surface area (Å²) in [6.45, 7) is 5.01. The number of nitrogens with two attached hydrogens (primary N) is 1. The molecule has 3 nitrogen and oxygen atoms in total. The highest BCUT2D eigenvalue weighted by molar-refractivity contribution is 5.56. The summed E-state index contributed by atoms with van der Waals surface area (Å²) in [5.41, 5.74) is 7.71. The Morgan fingerprint density at radius 2 is 2.10 bits per heavy atom. The molecule has 0 radical (unpaired) electrons. The van der Waals surface area contributed by atoms with Gasteiger partial charge in [0.15, 0.2) is 0 Å². The SMILES string of the molecule is CC(N)c1cccc(F)c1N1CCC2C(CCCN2C)C1. The number of fused-ring (bicyclic) bond motifs is 1. The first-order valence-electron chi connectivity index (χ1n) is 8.07. The Morgan fingerprint density at radius 1 is 1.29 bits per heavy atom. The maximum absolute atomic E-state index is 14.4. The van der Waals surface area contributed by atoms with Gasteiger partial charge in [0.05, 0.1) is 5.69 Å². The third-order valence-electron chi connectivity index (χ3n) is 5.17. The fraction of sp³-hybridized carbons (Fsp3) is 0.647. The second kappa shape index (κ2) is 5.93. The lowest BCUT2D eigenvalue weighted by Crippen LogP contribution is -2.53. The molecule has 2 N–H and O–H groups in total. The molecule has 2 saturated heterocycles. The van der Waals surface area contributed by atoms with E-state index in [0.717, 1.165) is 30.8 Å². The van der Waals surface area contributed by atoms with Gasteiger partial charge in [-0.3, -0.25) is 0 Å². The highest BCUT2D eigenvalue weighted by atomic mass is 19.1. The Morgan fingerprint density at radius 3 is 2.86 bits per heavy atom. The molecule has 0 amide bonds. The topological polar surface area (TPSA) is 32.5 Å². The molecule has 3 rings (SSSR count). The Balaban J connectivity index is 1.86. The van der Waals surface area contributed by atoms with E-state index >= 15 is 0 Å². The maximum Gasteiger partial charge on any atom is 0.146 e. The monoisotopic (exact) mass is 291 g/mol. The molecule has 2 fully saturated rings. The molecule has 2 aliphatic heterocycles. The van der Waals surface area contributed by atoms with Gasteiger partial charge in [-0.25, -0.2) is 4.39 Å². The molecule has 2 aliphatic rings. The van der Waals surface area contributed by atoms with Crippen molar-refractivity contribution in [3.8, 4) is 0 Å². The zero-order chi connectivity index (χ0) is 15.0. The Hall–Kier alpha value is -1.13. The van der Waals surface area contributed by atoms with Gasteiger partial charge in [0, 0.05) is 25.2 Å². The molecule has 0 spiro atoms. The molecule has 0 aliphatic carbocycles. The zero-order valence-corrected chi connectivity index (χ0v) is 13.1. The van der Waals surface area contributed by atoms with Gasteiger partial charge in [-0.05, 0) is 57.3 Å². The van der Waals surface area contributed by atoms with Gasteiger partial charge in [0.1, 0.15) is 5.82 Å². The van der Waals surface area contributed by atoms with Crippen LogP contribution in [0.25, 0.3) is 0 Å². The van der Waals surface area contributed by atoms with Crippen molar-refractivity contribution in [2.75, 3.05) is 31.6 Å². The van der Waals surface area contributed by atoms with Crippen LogP contribution in [0.15, 0.2) is 18.2 Å². The number of anilines is 1. The number of piperidine rings is 2. The van der Waals surface area contributed by atoms with Crippen molar-refractivity contribution in [3.05, 3.63) is 29.6 Å². The third kappa shape index (κ3) is 2.79. The lowest BCUT2D eigenvalue weighted by Gasteiger charge is -2.47. The normalized spacial score (nSPS) is 28.3. The van der Waals surface area contributed by atoms with E-state index in [1.807, 2.05) is 13.0 Å². The molecular weight excluding hydrogens is 265 g/mol. The number of rotatable bonds is 2. The fourth-order valence-electron chi connectivity index (χ4n) is 4.09. The van der Waals surface area contributed by atoms with Gasteiger partial charge in [0.2, 0.25) is 0 Å². The molecular formula is C17H26FN3. The maximum atomic E-state index is 14.4. The standard InChI is InChI=1S/C17H26FN3/c1-12(19)14-6-3-7-15(18)17(14)21-10-8-16-13(11-21)5-4-9-20(16)2/h3,6-7,12-13,16H,4-5,8-11,19H2,1-2H3. The molecule has 0 aromatic heterocycles. The van der Waals surface area contributed by atoms with Crippen molar-refractivity contribution in [1.29, 1.82) is 0 Å².